The molecule has 0 saturated carbocycles. The Morgan fingerprint density at radius 3 is 2.70 bits per heavy atom. The van der Waals surface area contributed by atoms with Crippen LogP contribution in [0.3, 0.4) is 0 Å². The van der Waals surface area contributed by atoms with E-state index in [1.807, 2.05) is 0 Å². The topological polar surface area (TPSA) is 69.0 Å². The van der Waals surface area contributed by atoms with Crippen LogP contribution in [-0.4, -0.2) is 27.3 Å². The van der Waals surface area contributed by atoms with Gasteiger partial charge in [0.15, 0.2) is 0 Å². The maximum atomic E-state index is 12.8. The summed E-state index contributed by atoms with van der Waals surface area (Å²) in [7, 11) is 1.75. The summed E-state index contributed by atoms with van der Waals surface area (Å²) < 4.78 is 32.4. The van der Waals surface area contributed by atoms with Crippen LogP contribution >= 0.6 is 0 Å². The molecule has 0 aliphatic heterocycles. The number of amides is 1. The summed E-state index contributed by atoms with van der Waals surface area (Å²) in [4.78, 5) is 14.4. The van der Waals surface area contributed by atoms with Crippen LogP contribution in [0.25, 0.3) is 0 Å². The number of carbonyl (C=O) groups is 1. The van der Waals surface area contributed by atoms with Gasteiger partial charge in [0, 0.05) is 31.1 Å². The van der Waals surface area contributed by atoms with Gasteiger partial charge in [-0.05, 0) is 6.07 Å². The molecule has 2 aromatic rings. The SMILES string of the molecule is Cn1nccc1COCC(=O)Nc1cc(F)nc(F)c1. The second-order valence-electron chi connectivity index (χ2n) is 3.99. The zero-order valence-electron chi connectivity index (χ0n) is 10.6. The predicted octanol–water partition coefficient (Wildman–Crippen LogP) is 1.25. The van der Waals surface area contributed by atoms with Crippen LogP contribution in [0.4, 0.5) is 14.5 Å². The van der Waals surface area contributed by atoms with E-state index in [2.05, 4.69) is 15.4 Å². The van der Waals surface area contributed by atoms with Crippen LogP contribution in [0.5, 0.6) is 0 Å². The summed E-state index contributed by atoms with van der Waals surface area (Å²) in [5, 5.41) is 6.26. The van der Waals surface area contributed by atoms with Crippen molar-refractivity contribution in [2.24, 2.45) is 7.05 Å². The maximum absolute atomic E-state index is 12.8. The summed E-state index contributed by atoms with van der Waals surface area (Å²) in [6.45, 7) is -0.0280. The molecule has 0 saturated heterocycles. The molecule has 0 aliphatic carbocycles. The van der Waals surface area contributed by atoms with Crippen LogP contribution in [0.1, 0.15) is 5.69 Å². The number of aryl methyl sites for hydroxylation is 1. The van der Waals surface area contributed by atoms with Crippen molar-refractivity contribution in [3.63, 3.8) is 0 Å². The Hall–Kier alpha value is -2.35. The monoisotopic (exact) mass is 282 g/mol. The van der Waals surface area contributed by atoms with E-state index in [1.54, 1.807) is 24.0 Å². The second-order valence-corrected chi connectivity index (χ2v) is 3.99. The van der Waals surface area contributed by atoms with E-state index in [0.29, 0.717) is 0 Å². The average Bonchev–Trinajstić information content (AvgIpc) is 2.73. The van der Waals surface area contributed by atoms with Crippen molar-refractivity contribution >= 4 is 11.6 Å². The van der Waals surface area contributed by atoms with Gasteiger partial charge in [0.05, 0.1) is 12.3 Å². The summed E-state index contributed by atoms with van der Waals surface area (Å²) in [6, 6.07) is 3.59. The first-order valence-electron chi connectivity index (χ1n) is 5.72. The van der Waals surface area contributed by atoms with Gasteiger partial charge in [-0.1, -0.05) is 0 Å². The van der Waals surface area contributed by atoms with E-state index in [-0.39, 0.29) is 18.9 Å². The van der Waals surface area contributed by atoms with Crippen molar-refractivity contribution in [1.29, 1.82) is 0 Å². The lowest BCUT2D eigenvalue weighted by Crippen LogP contribution is -2.19. The molecule has 0 bridgehead atoms. The summed E-state index contributed by atoms with van der Waals surface area (Å²) in [5.74, 6) is -2.52. The molecular formula is C12H12F2N4O2. The minimum Gasteiger partial charge on any atom is -0.365 e. The highest BCUT2D eigenvalue weighted by Gasteiger charge is 2.07. The quantitative estimate of drug-likeness (QED) is 0.838. The van der Waals surface area contributed by atoms with Gasteiger partial charge in [-0.3, -0.25) is 9.48 Å². The highest BCUT2D eigenvalue weighted by molar-refractivity contribution is 5.91. The highest BCUT2D eigenvalue weighted by atomic mass is 19.1. The van der Waals surface area contributed by atoms with Crippen molar-refractivity contribution in [2.75, 3.05) is 11.9 Å². The number of hydrogen-bond acceptors (Lipinski definition) is 4. The van der Waals surface area contributed by atoms with Crippen LogP contribution in [0, 0.1) is 11.9 Å². The summed E-state index contributed by atoms with van der Waals surface area (Å²) in [6.07, 6.45) is 1.61. The molecule has 1 N–H and O–H groups in total. The molecular weight excluding hydrogens is 270 g/mol. The van der Waals surface area contributed by atoms with Crippen LogP contribution < -0.4 is 5.32 Å². The number of nitrogens with zero attached hydrogens (tertiary/aromatic N) is 3. The lowest BCUT2D eigenvalue weighted by molar-refractivity contribution is -0.121. The van der Waals surface area contributed by atoms with Gasteiger partial charge in [0.25, 0.3) is 0 Å². The molecule has 0 atom stereocenters. The van der Waals surface area contributed by atoms with E-state index in [9.17, 15) is 13.6 Å². The Kier molecular flexibility index (Phi) is 4.36. The average molecular weight is 282 g/mol. The van der Waals surface area contributed by atoms with Gasteiger partial charge in [0.2, 0.25) is 17.8 Å². The fourth-order valence-corrected chi connectivity index (χ4v) is 1.53. The summed E-state index contributed by atoms with van der Waals surface area (Å²) in [5.41, 5.74) is 0.794. The van der Waals surface area contributed by atoms with Crippen molar-refractivity contribution in [3.05, 3.63) is 42.0 Å². The van der Waals surface area contributed by atoms with Crippen molar-refractivity contribution in [1.82, 2.24) is 14.8 Å². The molecule has 1 amide bonds. The zero-order chi connectivity index (χ0) is 14.5. The lowest BCUT2D eigenvalue weighted by Gasteiger charge is -2.06. The Bertz CT molecular complexity index is 595. The largest absolute Gasteiger partial charge is 0.365 e. The number of rotatable bonds is 5. The minimum absolute atomic E-state index is 0.0101. The first kappa shape index (κ1) is 14.1. The number of pyridine rings is 1. The molecule has 0 unspecified atom stereocenters. The second kappa shape index (κ2) is 6.20. The van der Waals surface area contributed by atoms with Gasteiger partial charge in [-0.2, -0.15) is 18.9 Å². The molecule has 0 radical (unpaired) electrons. The van der Waals surface area contributed by atoms with Crippen LogP contribution in [0.2, 0.25) is 0 Å². The first-order chi connectivity index (χ1) is 9.54. The number of aromatic nitrogens is 3. The fourth-order valence-electron chi connectivity index (χ4n) is 1.53. The van der Waals surface area contributed by atoms with Crippen molar-refractivity contribution in [3.8, 4) is 0 Å². The molecule has 20 heavy (non-hydrogen) atoms. The normalized spacial score (nSPS) is 10.6. The fraction of sp³-hybridized carbons (Fsp3) is 0.250. The lowest BCUT2D eigenvalue weighted by atomic mass is 10.4. The number of hydrogen-bond donors (Lipinski definition) is 1. The molecule has 8 heteroatoms. The van der Waals surface area contributed by atoms with Crippen molar-refractivity contribution in [2.45, 2.75) is 6.61 Å². The first-order valence-corrected chi connectivity index (χ1v) is 5.72. The molecule has 2 aromatic heterocycles. The number of nitrogens with one attached hydrogen (secondary N) is 1. The van der Waals surface area contributed by atoms with Crippen molar-refractivity contribution < 1.29 is 18.3 Å². The molecule has 0 fully saturated rings. The Morgan fingerprint density at radius 2 is 2.10 bits per heavy atom. The van der Waals surface area contributed by atoms with E-state index in [1.165, 1.54) is 0 Å². The van der Waals surface area contributed by atoms with E-state index in [4.69, 9.17) is 4.74 Å². The molecule has 2 rings (SSSR count). The maximum Gasteiger partial charge on any atom is 0.250 e. The third kappa shape index (κ3) is 3.82. The van der Waals surface area contributed by atoms with Gasteiger partial charge in [0.1, 0.15) is 6.61 Å². The van der Waals surface area contributed by atoms with Gasteiger partial charge >= 0.3 is 0 Å². The smallest absolute Gasteiger partial charge is 0.250 e. The van der Waals surface area contributed by atoms with Gasteiger partial charge in [-0.15, -0.1) is 0 Å². The molecule has 0 aliphatic rings. The Balaban J connectivity index is 1.82. The molecule has 0 spiro atoms. The summed E-state index contributed by atoms with van der Waals surface area (Å²) >= 11 is 0. The predicted molar refractivity (Wildman–Crippen MR) is 65.6 cm³/mol. The van der Waals surface area contributed by atoms with E-state index in [0.717, 1.165) is 17.8 Å². The zero-order valence-corrected chi connectivity index (χ0v) is 10.6. The Labute approximate surface area is 113 Å². The number of carbonyl (C=O) groups excluding carboxylic acids is 1. The number of ether oxygens (including phenoxy) is 1. The molecule has 0 aromatic carbocycles. The van der Waals surface area contributed by atoms with Crippen LogP contribution in [0.15, 0.2) is 24.4 Å². The third-order valence-corrected chi connectivity index (χ3v) is 2.45. The third-order valence-electron chi connectivity index (χ3n) is 2.45. The van der Waals surface area contributed by atoms with Gasteiger partial charge in [-0.25, -0.2) is 0 Å². The molecule has 6 nitrogen and oxygen atoms in total. The van der Waals surface area contributed by atoms with E-state index < -0.39 is 17.8 Å². The molecule has 106 valence electrons. The number of anilines is 1. The highest BCUT2D eigenvalue weighted by Crippen LogP contribution is 2.09. The van der Waals surface area contributed by atoms with Gasteiger partial charge < -0.3 is 10.1 Å². The van der Waals surface area contributed by atoms with Crippen LogP contribution in [-0.2, 0) is 23.2 Å². The standard InChI is InChI=1S/C12H12F2N4O2/c1-18-9(2-3-15-18)6-20-7-12(19)16-8-4-10(13)17-11(14)5-8/h2-5H,6-7H2,1H3,(H,16,17,19). The molecule has 2 heterocycles. The van der Waals surface area contributed by atoms with E-state index >= 15 is 0 Å². The number of halogens is 2. The Morgan fingerprint density at radius 1 is 1.40 bits per heavy atom. The minimum atomic E-state index is -1.00.